The first-order valence-corrected chi connectivity index (χ1v) is 10.8. The van der Waals surface area contributed by atoms with Gasteiger partial charge in [0.15, 0.2) is 0 Å². The summed E-state index contributed by atoms with van der Waals surface area (Å²) < 4.78 is 32.6. The number of sulfonamides is 1. The van der Waals surface area contributed by atoms with Crippen LogP contribution in [0.2, 0.25) is 0 Å². The smallest absolute Gasteiger partial charge is 0.265 e. The number of rotatable bonds is 9. The van der Waals surface area contributed by atoms with Crippen LogP contribution in [0.25, 0.3) is 10.8 Å². The number of carbonyl (C=O) groups excluding carboxylic acids is 1. The summed E-state index contributed by atoms with van der Waals surface area (Å²) in [5, 5.41) is 4.54. The summed E-state index contributed by atoms with van der Waals surface area (Å²) in [6, 6.07) is 10.9. The van der Waals surface area contributed by atoms with Crippen LogP contribution in [-0.4, -0.2) is 40.1 Å². The van der Waals surface area contributed by atoms with Gasteiger partial charge in [0.1, 0.15) is 0 Å². The maximum atomic E-state index is 12.9. The lowest BCUT2D eigenvalue weighted by Crippen LogP contribution is -2.30. The Morgan fingerprint density at radius 3 is 2.63 bits per heavy atom. The maximum absolute atomic E-state index is 12.9. The molecule has 2 aromatic carbocycles. The molecule has 0 spiro atoms. The Balaban J connectivity index is 1.54. The van der Waals surface area contributed by atoms with Crippen molar-refractivity contribution in [3.05, 3.63) is 36.4 Å². The van der Waals surface area contributed by atoms with Gasteiger partial charge in [0, 0.05) is 31.5 Å². The average Bonchev–Trinajstić information content (AvgIpc) is 2.84. The summed E-state index contributed by atoms with van der Waals surface area (Å²) in [5.74, 6) is -0.0631. The van der Waals surface area contributed by atoms with Crippen molar-refractivity contribution in [3.63, 3.8) is 0 Å². The quantitative estimate of drug-likeness (QED) is 0.668. The van der Waals surface area contributed by atoms with Crippen LogP contribution in [0.4, 0.5) is 5.69 Å². The third-order valence-electron chi connectivity index (χ3n) is 4.54. The van der Waals surface area contributed by atoms with Crippen molar-refractivity contribution in [1.29, 1.82) is 0 Å². The van der Waals surface area contributed by atoms with Gasteiger partial charge in [0.25, 0.3) is 10.0 Å². The first kappa shape index (κ1) is 19.6. The minimum absolute atomic E-state index is 0.0631. The fourth-order valence-electron chi connectivity index (χ4n) is 3.29. The summed E-state index contributed by atoms with van der Waals surface area (Å²) in [6.07, 6.45) is 1.72. The number of benzene rings is 2. The standard InChI is InChI=1S/C20H26N2O4S/c1-15(2)26-14-6-12-21-19(23)11-5-13-22-17-9-3-7-16-8-4-10-18(20(16)17)27(22,24)25/h3-4,7-10,15H,5-6,11-14H2,1-2H3,(H,21,23). The second-order valence-electron chi connectivity index (χ2n) is 6.94. The predicted molar refractivity (Wildman–Crippen MR) is 106 cm³/mol. The fourth-order valence-corrected chi connectivity index (χ4v) is 5.04. The highest BCUT2D eigenvalue weighted by Gasteiger charge is 2.34. The molecule has 0 saturated carbocycles. The van der Waals surface area contributed by atoms with Crippen LogP contribution in [0, 0.1) is 0 Å². The minimum Gasteiger partial charge on any atom is -0.379 e. The predicted octanol–water partition coefficient (Wildman–Crippen LogP) is 3.06. The van der Waals surface area contributed by atoms with Gasteiger partial charge in [-0.2, -0.15) is 0 Å². The molecule has 0 aromatic heterocycles. The number of nitrogens with zero attached hydrogens (tertiary/aromatic N) is 1. The third-order valence-corrected chi connectivity index (χ3v) is 6.40. The number of anilines is 1. The summed E-state index contributed by atoms with van der Waals surface area (Å²) in [7, 11) is -3.54. The molecule has 0 fully saturated rings. The normalized spacial score (nSPS) is 14.9. The lowest BCUT2D eigenvalue weighted by Gasteiger charge is -2.18. The molecule has 1 heterocycles. The van der Waals surface area contributed by atoms with Crippen LogP contribution in [-0.2, 0) is 19.6 Å². The number of carbonyl (C=O) groups is 1. The maximum Gasteiger partial charge on any atom is 0.265 e. The van der Waals surface area contributed by atoms with Crippen LogP contribution in [0.1, 0.15) is 33.1 Å². The Kier molecular flexibility index (Phi) is 6.01. The SMILES string of the molecule is CC(C)OCCCNC(=O)CCCN1c2cccc3cccc(c23)S1(=O)=O. The molecular weight excluding hydrogens is 364 g/mol. The van der Waals surface area contributed by atoms with E-state index in [4.69, 9.17) is 4.74 Å². The van der Waals surface area contributed by atoms with E-state index in [1.807, 2.05) is 38.1 Å². The van der Waals surface area contributed by atoms with Gasteiger partial charge in [-0.25, -0.2) is 8.42 Å². The third kappa shape index (κ3) is 4.25. The van der Waals surface area contributed by atoms with Crippen LogP contribution >= 0.6 is 0 Å². The second kappa shape index (κ2) is 8.27. The van der Waals surface area contributed by atoms with Crippen molar-refractivity contribution in [2.45, 2.75) is 44.1 Å². The van der Waals surface area contributed by atoms with E-state index in [0.717, 1.165) is 17.2 Å². The van der Waals surface area contributed by atoms with E-state index < -0.39 is 10.0 Å². The minimum atomic E-state index is -3.54. The number of amides is 1. The van der Waals surface area contributed by atoms with E-state index in [1.165, 1.54) is 4.31 Å². The number of hydrogen-bond donors (Lipinski definition) is 1. The van der Waals surface area contributed by atoms with Crippen molar-refractivity contribution >= 4 is 32.4 Å². The Hall–Kier alpha value is -2.12. The molecule has 1 N–H and O–H groups in total. The van der Waals surface area contributed by atoms with Crippen LogP contribution in [0.3, 0.4) is 0 Å². The Morgan fingerprint density at radius 1 is 1.15 bits per heavy atom. The average molecular weight is 391 g/mol. The molecule has 0 aliphatic carbocycles. The molecule has 0 saturated heterocycles. The topological polar surface area (TPSA) is 75.7 Å². The zero-order valence-electron chi connectivity index (χ0n) is 15.8. The largest absolute Gasteiger partial charge is 0.379 e. The van der Waals surface area contributed by atoms with Gasteiger partial charge < -0.3 is 10.1 Å². The molecule has 27 heavy (non-hydrogen) atoms. The van der Waals surface area contributed by atoms with E-state index in [0.29, 0.717) is 43.1 Å². The van der Waals surface area contributed by atoms with Gasteiger partial charge in [0.2, 0.25) is 5.91 Å². The summed E-state index contributed by atoms with van der Waals surface area (Å²) in [5.41, 5.74) is 0.703. The molecule has 0 atom stereocenters. The number of hydrogen-bond acceptors (Lipinski definition) is 4. The molecule has 7 heteroatoms. The fraction of sp³-hybridized carbons (Fsp3) is 0.450. The summed E-state index contributed by atoms with van der Waals surface area (Å²) in [6.45, 7) is 5.43. The van der Waals surface area contributed by atoms with Crippen molar-refractivity contribution in [1.82, 2.24) is 5.32 Å². The lowest BCUT2D eigenvalue weighted by molar-refractivity contribution is -0.121. The summed E-state index contributed by atoms with van der Waals surface area (Å²) in [4.78, 5) is 12.3. The van der Waals surface area contributed by atoms with Gasteiger partial charge in [-0.3, -0.25) is 9.10 Å². The molecule has 6 nitrogen and oxygen atoms in total. The van der Waals surface area contributed by atoms with Crippen molar-refractivity contribution in [3.8, 4) is 0 Å². The Labute approximate surface area is 160 Å². The van der Waals surface area contributed by atoms with Crippen LogP contribution in [0.5, 0.6) is 0 Å². The van der Waals surface area contributed by atoms with E-state index in [2.05, 4.69) is 5.32 Å². The highest BCUT2D eigenvalue weighted by molar-refractivity contribution is 7.93. The number of ether oxygens (including phenoxy) is 1. The highest BCUT2D eigenvalue weighted by Crippen LogP contribution is 2.41. The zero-order chi connectivity index (χ0) is 19.4. The Morgan fingerprint density at radius 2 is 1.89 bits per heavy atom. The van der Waals surface area contributed by atoms with Gasteiger partial charge in [-0.05, 0) is 44.2 Å². The molecule has 0 radical (unpaired) electrons. The highest BCUT2D eigenvalue weighted by atomic mass is 32.2. The van der Waals surface area contributed by atoms with Crippen molar-refractivity contribution in [2.24, 2.45) is 0 Å². The molecule has 0 unspecified atom stereocenters. The van der Waals surface area contributed by atoms with Gasteiger partial charge in [-0.1, -0.05) is 24.3 Å². The van der Waals surface area contributed by atoms with Gasteiger partial charge in [-0.15, -0.1) is 0 Å². The van der Waals surface area contributed by atoms with Gasteiger partial charge >= 0.3 is 0 Å². The van der Waals surface area contributed by atoms with E-state index >= 15 is 0 Å². The molecular formula is C20H26N2O4S. The first-order valence-electron chi connectivity index (χ1n) is 9.34. The molecule has 1 aliphatic rings. The van der Waals surface area contributed by atoms with E-state index in [1.54, 1.807) is 12.1 Å². The summed E-state index contributed by atoms with van der Waals surface area (Å²) >= 11 is 0. The van der Waals surface area contributed by atoms with E-state index in [-0.39, 0.29) is 12.0 Å². The van der Waals surface area contributed by atoms with Crippen molar-refractivity contribution < 1.29 is 17.9 Å². The van der Waals surface area contributed by atoms with Crippen molar-refractivity contribution in [2.75, 3.05) is 24.0 Å². The van der Waals surface area contributed by atoms with Gasteiger partial charge in [0.05, 0.1) is 16.7 Å². The monoisotopic (exact) mass is 390 g/mol. The zero-order valence-corrected chi connectivity index (χ0v) is 16.6. The number of nitrogens with one attached hydrogen (secondary N) is 1. The molecule has 0 bridgehead atoms. The molecule has 2 aromatic rings. The lowest BCUT2D eigenvalue weighted by atomic mass is 10.1. The van der Waals surface area contributed by atoms with E-state index in [9.17, 15) is 13.2 Å². The molecule has 3 rings (SSSR count). The van der Waals surface area contributed by atoms with Crippen LogP contribution < -0.4 is 9.62 Å². The second-order valence-corrected chi connectivity index (χ2v) is 8.77. The Bertz CT molecular complexity index is 919. The first-order chi connectivity index (χ1) is 12.9. The molecule has 1 amide bonds. The van der Waals surface area contributed by atoms with Crippen LogP contribution in [0.15, 0.2) is 41.3 Å². The molecule has 146 valence electrons. The molecule has 1 aliphatic heterocycles.